The first-order valence-electron chi connectivity index (χ1n) is 8.48. The lowest BCUT2D eigenvalue weighted by Gasteiger charge is -2.36. The highest BCUT2D eigenvalue weighted by atomic mass is 16.5. The number of amides is 1. The molecule has 1 fully saturated rings. The standard InChI is InChI=1S/C17H28N6O2/c1-5-6-18-17(19-12-16(24)21(3)4)23-9-7-22(8-10-23)13-15-11-14(2)25-20-15/h5,11H,1,6-10,12-13H2,2-4H3,(H,18,19). The molecule has 1 aromatic heterocycles. The van der Waals surface area contributed by atoms with Gasteiger partial charge in [0.25, 0.3) is 0 Å². The first kappa shape index (κ1) is 19.0. The molecule has 0 aromatic carbocycles. The number of likely N-dealkylation sites (N-methyl/N-ethyl adjacent to an activating group) is 1. The maximum Gasteiger partial charge on any atom is 0.243 e. The second kappa shape index (κ2) is 9.22. The minimum Gasteiger partial charge on any atom is -0.361 e. The van der Waals surface area contributed by atoms with E-state index in [1.54, 1.807) is 25.1 Å². The summed E-state index contributed by atoms with van der Waals surface area (Å²) in [6.45, 7) is 10.7. The first-order valence-corrected chi connectivity index (χ1v) is 8.48. The van der Waals surface area contributed by atoms with E-state index in [-0.39, 0.29) is 12.5 Å². The summed E-state index contributed by atoms with van der Waals surface area (Å²) in [5.74, 6) is 1.58. The molecule has 0 unspecified atom stereocenters. The van der Waals surface area contributed by atoms with Crippen LogP contribution in [-0.2, 0) is 11.3 Å². The number of hydrogen-bond acceptors (Lipinski definition) is 5. The minimum absolute atomic E-state index is 0.0158. The van der Waals surface area contributed by atoms with Crippen LogP contribution in [0.1, 0.15) is 11.5 Å². The Morgan fingerprint density at radius 1 is 1.44 bits per heavy atom. The molecule has 1 saturated heterocycles. The molecular formula is C17H28N6O2. The number of carbonyl (C=O) groups is 1. The summed E-state index contributed by atoms with van der Waals surface area (Å²) in [6, 6.07) is 1.97. The van der Waals surface area contributed by atoms with Crippen LogP contribution in [0.25, 0.3) is 0 Å². The third-order valence-corrected chi connectivity index (χ3v) is 4.00. The lowest BCUT2D eigenvalue weighted by Crippen LogP contribution is -2.52. The van der Waals surface area contributed by atoms with E-state index in [9.17, 15) is 4.79 Å². The van der Waals surface area contributed by atoms with Crippen molar-refractivity contribution in [2.75, 3.05) is 53.4 Å². The van der Waals surface area contributed by atoms with E-state index < -0.39 is 0 Å². The third-order valence-electron chi connectivity index (χ3n) is 4.00. The number of hydrogen-bond donors (Lipinski definition) is 1. The number of carbonyl (C=O) groups excluding carboxylic acids is 1. The number of aryl methyl sites for hydroxylation is 1. The number of nitrogens with one attached hydrogen (secondary N) is 1. The molecular weight excluding hydrogens is 320 g/mol. The Morgan fingerprint density at radius 3 is 2.72 bits per heavy atom. The highest BCUT2D eigenvalue weighted by Crippen LogP contribution is 2.09. The molecule has 1 aliphatic rings. The normalized spacial score (nSPS) is 16.0. The molecule has 2 heterocycles. The molecule has 1 aliphatic heterocycles. The quantitative estimate of drug-likeness (QED) is 0.453. The van der Waals surface area contributed by atoms with Crippen LogP contribution in [0.3, 0.4) is 0 Å². The summed E-state index contributed by atoms with van der Waals surface area (Å²) in [4.78, 5) is 22.3. The van der Waals surface area contributed by atoms with Gasteiger partial charge in [0.2, 0.25) is 5.91 Å². The van der Waals surface area contributed by atoms with Gasteiger partial charge in [-0.2, -0.15) is 0 Å². The average molecular weight is 348 g/mol. The topological polar surface area (TPSA) is 77.2 Å². The summed E-state index contributed by atoms with van der Waals surface area (Å²) < 4.78 is 5.12. The molecule has 2 rings (SSSR count). The van der Waals surface area contributed by atoms with E-state index in [1.165, 1.54) is 0 Å². The van der Waals surface area contributed by atoms with Crippen molar-refractivity contribution in [1.82, 2.24) is 25.2 Å². The van der Waals surface area contributed by atoms with Gasteiger partial charge >= 0.3 is 0 Å². The van der Waals surface area contributed by atoms with Crippen molar-refractivity contribution in [3.05, 3.63) is 30.2 Å². The smallest absolute Gasteiger partial charge is 0.243 e. The van der Waals surface area contributed by atoms with Gasteiger partial charge in [-0.25, -0.2) is 4.99 Å². The van der Waals surface area contributed by atoms with Crippen molar-refractivity contribution in [3.63, 3.8) is 0 Å². The van der Waals surface area contributed by atoms with Crippen molar-refractivity contribution < 1.29 is 9.32 Å². The van der Waals surface area contributed by atoms with Crippen LogP contribution in [0.15, 0.2) is 28.2 Å². The summed E-state index contributed by atoms with van der Waals surface area (Å²) >= 11 is 0. The van der Waals surface area contributed by atoms with E-state index >= 15 is 0 Å². The van der Waals surface area contributed by atoms with Crippen LogP contribution in [0.4, 0.5) is 0 Å². The molecule has 1 amide bonds. The summed E-state index contributed by atoms with van der Waals surface area (Å²) in [7, 11) is 3.47. The highest BCUT2D eigenvalue weighted by Gasteiger charge is 2.20. The van der Waals surface area contributed by atoms with Crippen LogP contribution in [0.5, 0.6) is 0 Å². The lowest BCUT2D eigenvalue weighted by atomic mass is 10.3. The van der Waals surface area contributed by atoms with Crippen molar-refractivity contribution in [2.24, 2.45) is 4.99 Å². The average Bonchev–Trinajstić information content (AvgIpc) is 3.00. The predicted molar refractivity (Wildman–Crippen MR) is 97.3 cm³/mol. The van der Waals surface area contributed by atoms with Crippen LogP contribution < -0.4 is 5.32 Å². The summed E-state index contributed by atoms with van der Waals surface area (Å²) in [5.41, 5.74) is 0.959. The van der Waals surface area contributed by atoms with Crippen molar-refractivity contribution in [1.29, 1.82) is 0 Å². The van der Waals surface area contributed by atoms with Gasteiger partial charge in [0.1, 0.15) is 12.3 Å². The van der Waals surface area contributed by atoms with Crippen molar-refractivity contribution in [3.8, 4) is 0 Å². The molecule has 0 spiro atoms. The first-order chi connectivity index (χ1) is 12.0. The molecule has 25 heavy (non-hydrogen) atoms. The number of guanidine groups is 1. The second-order valence-corrected chi connectivity index (χ2v) is 6.29. The molecule has 1 N–H and O–H groups in total. The van der Waals surface area contributed by atoms with E-state index in [4.69, 9.17) is 4.52 Å². The van der Waals surface area contributed by atoms with Gasteiger partial charge < -0.3 is 19.6 Å². The van der Waals surface area contributed by atoms with Gasteiger partial charge in [0, 0.05) is 59.4 Å². The lowest BCUT2D eigenvalue weighted by molar-refractivity contribution is -0.127. The molecule has 1 aromatic rings. The van der Waals surface area contributed by atoms with Crippen molar-refractivity contribution >= 4 is 11.9 Å². The molecule has 0 atom stereocenters. The fourth-order valence-electron chi connectivity index (χ4n) is 2.55. The minimum atomic E-state index is -0.0158. The molecule has 0 bridgehead atoms. The maximum absolute atomic E-state index is 11.8. The molecule has 0 saturated carbocycles. The zero-order valence-electron chi connectivity index (χ0n) is 15.4. The van der Waals surface area contributed by atoms with Gasteiger partial charge in [-0.15, -0.1) is 6.58 Å². The third kappa shape index (κ3) is 5.90. The zero-order valence-corrected chi connectivity index (χ0v) is 15.4. The van der Waals surface area contributed by atoms with Gasteiger partial charge in [-0.3, -0.25) is 9.69 Å². The Bertz CT molecular complexity index is 602. The number of aliphatic imine (C=N–C) groups is 1. The molecule has 138 valence electrons. The van der Waals surface area contributed by atoms with E-state index in [0.29, 0.717) is 6.54 Å². The monoisotopic (exact) mass is 348 g/mol. The Morgan fingerprint density at radius 2 is 2.16 bits per heavy atom. The fraction of sp³-hybridized carbons (Fsp3) is 0.588. The Labute approximate surface area is 149 Å². The predicted octanol–water partition coefficient (Wildman–Crippen LogP) is 0.320. The largest absolute Gasteiger partial charge is 0.361 e. The Kier molecular flexibility index (Phi) is 7.00. The summed E-state index contributed by atoms with van der Waals surface area (Å²) in [6.07, 6.45) is 1.78. The second-order valence-electron chi connectivity index (χ2n) is 6.29. The number of aromatic nitrogens is 1. The van der Waals surface area contributed by atoms with E-state index in [1.807, 2.05) is 13.0 Å². The van der Waals surface area contributed by atoms with Crippen LogP contribution in [-0.4, -0.2) is 85.1 Å². The fourth-order valence-corrected chi connectivity index (χ4v) is 2.55. The number of rotatable bonds is 6. The Balaban J connectivity index is 1.90. The van der Waals surface area contributed by atoms with Gasteiger partial charge in [0.05, 0.1) is 5.69 Å². The van der Waals surface area contributed by atoms with Crippen LogP contribution in [0.2, 0.25) is 0 Å². The van der Waals surface area contributed by atoms with Gasteiger partial charge in [-0.1, -0.05) is 11.2 Å². The van der Waals surface area contributed by atoms with Crippen LogP contribution >= 0.6 is 0 Å². The molecule has 0 aliphatic carbocycles. The van der Waals surface area contributed by atoms with E-state index in [2.05, 4.69) is 31.8 Å². The molecule has 0 radical (unpaired) electrons. The van der Waals surface area contributed by atoms with Crippen LogP contribution in [0, 0.1) is 6.92 Å². The molecule has 8 nitrogen and oxygen atoms in total. The zero-order chi connectivity index (χ0) is 18.2. The highest BCUT2D eigenvalue weighted by molar-refractivity contribution is 5.85. The summed E-state index contributed by atoms with van der Waals surface area (Å²) in [5, 5.41) is 7.29. The van der Waals surface area contributed by atoms with Gasteiger partial charge in [-0.05, 0) is 6.92 Å². The van der Waals surface area contributed by atoms with Crippen molar-refractivity contribution in [2.45, 2.75) is 13.5 Å². The number of piperazine rings is 1. The van der Waals surface area contributed by atoms with E-state index in [0.717, 1.165) is 50.1 Å². The number of nitrogens with zero attached hydrogens (tertiary/aromatic N) is 5. The maximum atomic E-state index is 11.8. The SMILES string of the molecule is C=CCNC(=NCC(=O)N(C)C)N1CCN(Cc2cc(C)on2)CC1. The Hall–Kier alpha value is -2.35. The van der Waals surface area contributed by atoms with Gasteiger partial charge in [0.15, 0.2) is 5.96 Å². The molecule has 8 heteroatoms.